The zero-order chi connectivity index (χ0) is 28.8. The van der Waals surface area contributed by atoms with E-state index in [-0.39, 0.29) is 5.56 Å². The van der Waals surface area contributed by atoms with Gasteiger partial charge in [0.1, 0.15) is 10.8 Å². The van der Waals surface area contributed by atoms with Crippen molar-refractivity contribution >= 4 is 38.4 Å². The molecule has 4 rings (SSSR count). The fourth-order valence-corrected chi connectivity index (χ4v) is 6.32. The van der Waals surface area contributed by atoms with Crippen LogP contribution in [0, 0.1) is 0 Å². The SMILES string of the molecule is C=C(C)c1ccccc1[C@H](N[S+]([O-])C(C)(C)C)c1cc2cccc(-c3cc([C@@](C)(O)C(F)(F)F)ccn3)c2s1. The Bertz CT molecular complexity index is 1510. The van der Waals surface area contributed by atoms with Crippen molar-refractivity contribution in [2.75, 3.05) is 0 Å². The minimum Gasteiger partial charge on any atom is -0.598 e. The van der Waals surface area contributed by atoms with E-state index in [4.69, 9.17) is 0 Å². The molecular weight excluding hydrogens is 541 g/mol. The van der Waals surface area contributed by atoms with Crippen LogP contribution < -0.4 is 4.72 Å². The lowest BCUT2D eigenvalue weighted by Gasteiger charge is -2.28. The molecule has 206 valence electrons. The number of aromatic nitrogens is 1. The van der Waals surface area contributed by atoms with Crippen LogP contribution in [0.2, 0.25) is 0 Å². The molecule has 9 heteroatoms. The average molecular weight is 573 g/mol. The molecule has 3 atom stereocenters. The predicted octanol–water partition coefficient (Wildman–Crippen LogP) is 7.91. The highest BCUT2D eigenvalue weighted by Crippen LogP contribution is 2.42. The molecule has 2 aromatic carbocycles. The quantitative estimate of drug-likeness (QED) is 0.221. The fourth-order valence-electron chi connectivity index (χ4n) is 4.17. The Balaban J connectivity index is 1.87. The number of rotatable bonds is 7. The zero-order valence-corrected chi connectivity index (χ0v) is 24.0. The highest BCUT2D eigenvalue weighted by atomic mass is 32.2. The van der Waals surface area contributed by atoms with Gasteiger partial charge in [0, 0.05) is 32.7 Å². The highest BCUT2D eigenvalue weighted by Gasteiger charge is 2.51. The molecule has 2 aromatic heterocycles. The first kappa shape index (κ1) is 29.3. The summed E-state index contributed by atoms with van der Waals surface area (Å²) in [6.07, 6.45) is -3.57. The lowest BCUT2D eigenvalue weighted by molar-refractivity contribution is -0.258. The second kappa shape index (κ2) is 10.7. The highest BCUT2D eigenvalue weighted by molar-refractivity contribution is 7.90. The number of hydrogen-bond donors (Lipinski definition) is 2. The second-order valence-corrected chi connectivity index (χ2v) is 13.8. The predicted molar refractivity (Wildman–Crippen MR) is 155 cm³/mol. The number of nitrogens with zero attached hydrogens (tertiary/aromatic N) is 1. The summed E-state index contributed by atoms with van der Waals surface area (Å²) in [5, 5.41) is 11.1. The number of nitrogens with one attached hydrogen (secondary N) is 1. The van der Waals surface area contributed by atoms with Gasteiger partial charge in [0.15, 0.2) is 5.60 Å². The van der Waals surface area contributed by atoms with Crippen molar-refractivity contribution in [1.29, 1.82) is 0 Å². The van der Waals surface area contributed by atoms with Crippen molar-refractivity contribution in [2.24, 2.45) is 0 Å². The minimum atomic E-state index is -4.84. The molecule has 0 radical (unpaired) electrons. The molecule has 39 heavy (non-hydrogen) atoms. The van der Waals surface area contributed by atoms with E-state index in [1.165, 1.54) is 29.7 Å². The van der Waals surface area contributed by atoms with Crippen LogP contribution in [0.3, 0.4) is 0 Å². The van der Waals surface area contributed by atoms with Crippen molar-refractivity contribution in [2.45, 2.75) is 57.2 Å². The molecule has 0 spiro atoms. The monoisotopic (exact) mass is 572 g/mol. The third-order valence-electron chi connectivity index (χ3n) is 6.51. The van der Waals surface area contributed by atoms with Gasteiger partial charge in [-0.25, -0.2) is 0 Å². The number of fused-ring (bicyclic) bond motifs is 1. The number of hydrogen-bond acceptors (Lipinski definition) is 5. The number of halogens is 3. The van der Waals surface area contributed by atoms with Gasteiger partial charge in [0.25, 0.3) is 0 Å². The molecule has 0 saturated heterocycles. The average Bonchev–Trinajstić information content (AvgIpc) is 3.30. The molecule has 1 unspecified atom stereocenters. The first-order valence-electron chi connectivity index (χ1n) is 12.3. The largest absolute Gasteiger partial charge is 0.598 e. The number of allylic oxidation sites excluding steroid dienone is 1. The fraction of sp³-hybridized carbons (Fsp3) is 0.300. The molecule has 0 bridgehead atoms. The smallest absolute Gasteiger partial charge is 0.421 e. The summed E-state index contributed by atoms with van der Waals surface area (Å²) in [4.78, 5) is 5.23. The van der Waals surface area contributed by atoms with Gasteiger partial charge in [-0.1, -0.05) is 54.6 Å². The number of thiophene rings is 1. The zero-order valence-electron chi connectivity index (χ0n) is 22.4. The maximum Gasteiger partial charge on any atom is 0.421 e. The number of aliphatic hydroxyl groups is 1. The lowest BCUT2D eigenvalue weighted by Crippen LogP contribution is -2.41. The molecular formula is C30H31F3N2O2S2. The van der Waals surface area contributed by atoms with Crippen LogP contribution in [-0.2, 0) is 17.0 Å². The Hall–Kier alpha value is -2.69. The molecule has 2 heterocycles. The van der Waals surface area contributed by atoms with Crippen LogP contribution >= 0.6 is 11.3 Å². The maximum absolute atomic E-state index is 13.5. The van der Waals surface area contributed by atoms with Gasteiger partial charge in [-0.15, -0.1) is 16.1 Å². The lowest BCUT2D eigenvalue weighted by atomic mass is 9.94. The van der Waals surface area contributed by atoms with E-state index < -0.39 is 33.9 Å². The summed E-state index contributed by atoms with van der Waals surface area (Å²) < 4.78 is 57.5. The number of pyridine rings is 1. The van der Waals surface area contributed by atoms with Gasteiger partial charge in [-0.2, -0.15) is 13.2 Å². The Morgan fingerprint density at radius 2 is 1.74 bits per heavy atom. The molecule has 0 amide bonds. The molecule has 0 fully saturated rings. The summed E-state index contributed by atoms with van der Waals surface area (Å²) in [7, 11) is 0. The van der Waals surface area contributed by atoms with Gasteiger partial charge in [-0.3, -0.25) is 4.98 Å². The Labute approximate surface area is 233 Å². The standard InChI is InChI=1S/C30H31F3N2O2S2/c1-18(2)21-11-7-8-12-22(21)26(35-39(37)28(3,4)5)25-16-19-10-9-13-23(27(19)38-25)24-17-20(14-15-34-24)29(6,36)30(31,32)33/h7-17,26,35-36H,1H2,2-6H3/t26-,29+,39?/m0/s1. The minimum absolute atomic E-state index is 0.288. The van der Waals surface area contributed by atoms with E-state index in [2.05, 4.69) is 16.3 Å². The van der Waals surface area contributed by atoms with Gasteiger partial charge in [0.05, 0.1) is 5.69 Å². The van der Waals surface area contributed by atoms with Gasteiger partial charge < -0.3 is 9.66 Å². The topological polar surface area (TPSA) is 68.2 Å². The van der Waals surface area contributed by atoms with Crippen LogP contribution in [0.5, 0.6) is 0 Å². The van der Waals surface area contributed by atoms with E-state index in [1.807, 2.05) is 70.2 Å². The van der Waals surface area contributed by atoms with Crippen molar-refractivity contribution in [1.82, 2.24) is 9.71 Å². The van der Waals surface area contributed by atoms with Crippen LogP contribution in [0.4, 0.5) is 13.2 Å². The van der Waals surface area contributed by atoms with E-state index in [9.17, 15) is 22.8 Å². The van der Waals surface area contributed by atoms with Crippen molar-refractivity contribution in [3.05, 3.63) is 95.0 Å². The van der Waals surface area contributed by atoms with Crippen LogP contribution in [-0.4, -0.2) is 25.6 Å². The van der Waals surface area contributed by atoms with Crippen LogP contribution in [0.25, 0.3) is 26.9 Å². The van der Waals surface area contributed by atoms with E-state index in [0.717, 1.165) is 38.6 Å². The van der Waals surface area contributed by atoms with Crippen molar-refractivity contribution < 1.29 is 22.8 Å². The Morgan fingerprint density at radius 3 is 2.38 bits per heavy atom. The van der Waals surface area contributed by atoms with Crippen molar-refractivity contribution in [3.8, 4) is 11.3 Å². The second-order valence-electron chi connectivity index (χ2n) is 10.7. The van der Waals surface area contributed by atoms with Gasteiger partial charge in [0.2, 0.25) is 0 Å². The molecule has 0 aliphatic carbocycles. The van der Waals surface area contributed by atoms with E-state index >= 15 is 0 Å². The molecule has 2 N–H and O–H groups in total. The van der Waals surface area contributed by atoms with E-state index in [0.29, 0.717) is 11.3 Å². The molecule has 0 saturated carbocycles. The van der Waals surface area contributed by atoms with Crippen LogP contribution in [0.15, 0.2) is 73.4 Å². The third kappa shape index (κ3) is 5.93. The van der Waals surface area contributed by atoms with Gasteiger partial charge >= 0.3 is 6.18 Å². The Morgan fingerprint density at radius 1 is 1.05 bits per heavy atom. The molecule has 4 nitrogen and oxygen atoms in total. The first-order chi connectivity index (χ1) is 18.1. The summed E-state index contributed by atoms with van der Waals surface area (Å²) in [6.45, 7) is 12.5. The maximum atomic E-state index is 13.5. The normalized spacial score (nSPS) is 15.6. The number of alkyl halides is 3. The van der Waals surface area contributed by atoms with E-state index in [1.54, 1.807) is 6.07 Å². The Kier molecular flexibility index (Phi) is 8.04. The molecule has 0 aliphatic heterocycles. The van der Waals surface area contributed by atoms with Gasteiger partial charge in [-0.05, 0) is 74.9 Å². The molecule has 4 aromatic rings. The third-order valence-corrected chi connectivity index (χ3v) is 9.32. The number of benzene rings is 2. The van der Waals surface area contributed by atoms with Crippen LogP contribution in [0.1, 0.15) is 62.2 Å². The molecule has 0 aliphatic rings. The summed E-state index contributed by atoms with van der Waals surface area (Å²) in [5.41, 5.74) is 0.410. The van der Waals surface area contributed by atoms with Crippen molar-refractivity contribution in [3.63, 3.8) is 0 Å². The first-order valence-corrected chi connectivity index (χ1v) is 14.3. The summed E-state index contributed by atoms with van der Waals surface area (Å²) in [5.74, 6) is 0. The summed E-state index contributed by atoms with van der Waals surface area (Å²) in [6, 6.07) is 17.4. The summed E-state index contributed by atoms with van der Waals surface area (Å²) >= 11 is 0.0681.